The molecule has 1 spiro atoms. The first-order chi connectivity index (χ1) is 14.4. The lowest BCUT2D eigenvalue weighted by atomic mass is 9.94. The number of carbonyl (C=O) groups is 1. The summed E-state index contributed by atoms with van der Waals surface area (Å²) in [5.74, 6) is 0.308. The molecule has 2 aromatic carbocycles. The van der Waals surface area contributed by atoms with Crippen LogP contribution in [0.25, 0.3) is 0 Å². The number of nitro benzene ring substituents is 1. The van der Waals surface area contributed by atoms with Crippen molar-refractivity contribution in [3.8, 4) is 23.0 Å². The van der Waals surface area contributed by atoms with E-state index in [0.29, 0.717) is 17.2 Å². The van der Waals surface area contributed by atoms with E-state index in [2.05, 4.69) is 5.32 Å². The molecule has 0 atom stereocenters. The van der Waals surface area contributed by atoms with Crippen molar-refractivity contribution in [1.29, 1.82) is 0 Å². The zero-order valence-corrected chi connectivity index (χ0v) is 16.7. The lowest BCUT2D eigenvalue weighted by Crippen LogP contribution is -2.40. The van der Waals surface area contributed by atoms with Crippen LogP contribution in [0.5, 0.6) is 23.0 Å². The second-order valence-corrected chi connectivity index (χ2v) is 7.27. The molecular formula is C21H22N2O7. The van der Waals surface area contributed by atoms with E-state index < -0.39 is 16.6 Å². The number of nitro groups is 1. The molecule has 0 unspecified atom stereocenters. The number of hydrogen-bond donors (Lipinski definition) is 1. The molecule has 158 valence electrons. The molecule has 1 aliphatic heterocycles. The molecule has 30 heavy (non-hydrogen) atoms. The molecule has 9 heteroatoms. The second kappa shape index (κ2) is 7.74. The van der Waals surface area contributed by atoms with Crippen LogP contribution >= 0.6 is 0 Å². The maximum absolute atomic E-state index is 12.8. The predicted molar refractivity (Wildman–Crippen MR) is 108 cm³/mol. The minimum absolute atomic E-state index is 0.140. The molecule has 0 saturated heterocycles. The predicted octanol–water partition coefficient (Wildman–Crippen LogP) is 4.30. The number of hydrogen-bond acceptors (Lipinski definition) is 7. The summed E-state index contributed by atoms with van der Waals surface area (Å²) < 4.78 is 22.4. The van der Waals surface area contributed by atoms with Gasteiger partial charge in [0.1, 0.15) is 5.56 Å². The fourth-order valence-corrected chi connectivity index (χ4v) is 3.87. The first-order valence-corrected chi connectivity index (χ1v) is 9.68. The van der Waals surface area contributed by atoms with Gasteiger partial charge in [-0.2, -0.15) is 0 Å². The van der Waals surface area contributed by atoms with Crippen molar-refractivity contribution in [1.82, 2.24) is 0 Å². The molecule has 1 saturated carbocycles. The van der Waals surface area contributed by atoms with Gasteiger partial charge in [-0.1, -0.05) is 6.42 Å². The summed E-state index contributed by atoms with van der Waals surface area (Å²) in [6.45, 7) is 0. The van der Waals surface area contributed by atoms with E-state index in [0.717, 1.165) is 32.1 Å². The second-order valence-electron chi connectivity index (χ2n) is 7.27. The molecule has 1 fully saturated rings. The summed E-state index contributed by atoms with van der Waals surface area (Å²) in [5, 5.41) is 14.2. The molecule has 4 rings (SSSR count). The van der Waals surface area contributed by atoms with Gasteiger partial charge in [0, 0.05) is 30.7 Å². The normalized spacial score (nSPS) is 16.2. The van der Waals surface area contributed by atoms with Crippen molar-refractivity contribution in [2.75, 3.05) is 19.5 Å². The minimum atomic E-state index is -0.645. The van der Waals surface area contributed by atoms with Crippen molar-refractivity contribution < 1.29 is 28.7 Å². The van der Waals surface area contributed by atoms with Crippen LogP contribution in [0, 0.1) is 10.1 Å². The van der Waals surface area contributed by atoms with E-state index in [-0.39, 0.29) is 22.7 Å². The molecule has 2 aliphatic rings. The molecule has 9 nitrogen and oxygen atoms in total. The Morgan fingerprint density at radius 1 is 1.03 bits per heavy atom. The van der Waals surface area contributed by atoms with Crippen LogP contribution in [0.4, 0.5) is 11.4 Å². The summed E-state index contributed by atoms with van der Waals surface area (Å²) in [6, 6.07) is 7.53. The van der Waals surface area contributed by atoms with Gasteiger partial charge in [-0.15, -0.1) is 0 Å². The third-order valence-corrected chi connectivity index (χ3v) is 5.35. The summed E-state index contributed by atoms with van der Waals surface area (Å²) >= 11 is 0. The van der Waals surface area contributed by atoms with Gasteiger partial charge in [0.25, 0.3) is 17.4 Å². The summed E-state index contributed by atoms with van der Waals surface area (Å²) in [6.07, 6.45) is 4.89. The third-order valence-electron chi connectivity index (χ3n) is 5.35. The van der Waals surface area contributed by atoms with Gasteiger partial charge in [-0.3, -0.25) is 14.9 Å². The molecule has 0 bridgehead atoms. The molecular weight excluding hydrogens is 392 g/mol. The van der Waals surface area contributed by atoms with Gasteiger partial charge in [-0.25, -0.2) is 0 Å². The molecule has 1 heterocycles. The number of anilines is 1. The zero-order valence-electron chi connectivity index (χ0n) is 16.7. The van der Waals surface area contributed by atoms with E-state index in [1.165, 1.54) is 26.4 Å². The van der Waals surface area contributed by atoms with Crippen LogP contribution in [0.1, 0.15) is 42.5 Å². The molecule has 1 N–H and O–H groups in total. The molecule has 0 radical (unpaired) electrons. The minimum Gasteiger partial charge on any atom is -0.493 e. The lowest BCUT2D eigenvalue weighted by molar-refractivity contribution is -0.385. The fraction of sp³-hybridized carbons (Fsp3) is 0.381. The van der Waals surface area contributed by atoms with E-state index >= 15 is 0 Å². The van der Waals surface area contributed by atoms with Gasteiger partial charge in [0.15, 0.2) is 23.0 Å². The number of fused-ring (bicyclic) bond motifs is 1. The van der Waals surface area contributed by atoms with Gasteiger partial charge in [-0.05, 0) is 25.0 Å². The maximum atomic E-state index is 12.8. The SMILES string of the molecule is COc1cc(C(=O)Nc2ccc3c(c2)OC2(CCCCC2)O3)c([N+](=O)[O-])cc1OC. The average molecular weight is 414 g/mol. The standard InChI is InChI=1S/C21H22N2O7/c1-27-17-11-14(15(23(25)26)12-18(17)28-2)20(24)22-13-6-7-16-19(10-13)30-21(29-16)8-4-3-5-9-21/h6-7,10-12H,3-5,8-9H2,1-2H3,(H,22,24). The van der Waals surface area contributed by atoms with Gasteiger partial charge in [0.2, 0.25) is 0 Å². The first kappa shape index (κ1) is 19.8. The Kier molecular flexibility index (Phi) is 5.11. The van der Waals surface area contributed by atoms with Crippen molar-refractivity contribution in [3.63, 3.8) is 0 Å². The quantitative estimate of drug-likeness (QED) is 0.574. The lowest BCUT2D eigenvalue weighted by Gasteiger charge is -2.31. The highest BCUT2D eigenvalue weighted by atomic mass is 16.7. The monoisotopic (exact) mass is 414 g/mol. The number of rotatable bonds is 5. The maximum Gasteiger partial charge on any atom is 0.286 e. The molecule has 2 aromatic rings. The van der Waals surface area contributed by atoms with E-state index in [4.69, 9.17) is 18.9 Å². The highest BCUT2D eigenvalue weighted by Gasteiger charge is 2.42. The Labute approximate surface area is 173 Å². The fourth-order valence-electron chi connectivity index (χ4n) is 3.87. The number of methoxy groups -OCH3 is 2. The van der Waals surface area contributed by atoms with Crippen LogP contribution in [-0.2, 0) is 0 Å². The van der Waals surface area contributed by atoms with Crippen LogP contribution in [-0.4, -0.2) is 30.8 Å². The van der Waals surface area contributed by atoms with Gasteiger partial charge < -0.3 is 24.3 Å². The van der Waals surface area contributed by atoms with E-state index in [1.807, 2.05) is 0 Å². The Morgan fingerprint density at radius 2 is 1.70 bits per heavy atom. The number of nitrogens with one attached hydrogen (secondary N) is 1. The van der Waals surface area contributed by atoms with E-state index in [9.17, 15) is 14.9 Å². The van der Waals surface area contributed by atoms with Crippen LogP contribution in [0.3, 0.4) is 0 Å². The highest BCUT2D eigenvalue weighted by Crippen LogP contribution is 2.46. The average Bonchev–Trinajstić information content (AvgIpc) is 3.09. The van der Waals surface area contributed by atoms with Crippen LogP contribution < -0.4 is 24.3 Å². The highest BCUT2D eigenvalue weighted by molar-refractivity contribution is 6.07. The van der Waals surface area contributed by atoms with Gasteiger partial charge in [0.05, 0.1) is 25.2 Å². The number of ether oxygens (including phenoxy) is 4. The molecule has 1 aliphatic carbocycles. The first-order valence-electron chi connectivity index (χ1n) is 9.68. The summed E-state index contributed by atoms with van der Waals surface area (Å²) in [5.41, 5.74) is -0.0783. The van der Waals surface area contributed by atoms with E-state index in [1.54, 1.807) is 18.2 Å². The Morgan fingerprint density at radius 3 is 2.37 bits per heavy atom. The largest absolute Gasteiger partial charge is 0.493 e. The van der Waals surface area contributed by atoms with Crippen molar-refractivity contribution in [2.45, 2.75) is 37.9 Å². The van der Waals surface area contributed by atoms with Crippen molar-refractivity contribution in [3.05, 3.63) is 46.0 Å². The summed E-state index contributed by atoms with van der Waals surface area (Å²) in [7, 11) is 2.76. The number of amides is 1. The van der Waals surface area contributed by atoms with Crippen LogP contribution in [0.2, 0.25) is 0 Å². The smallest absolute Gasteiger partial charge is 0.286 e. The molecule has 0 aromatic heterocycles. The number of nitrogens with zero attached hydrogens (tertiary/aromatic N) is 1. The third kappa shape index (κ3) is 3.58. The number of carbonyl (C=O) groups excluding carboxylic acids is 1. The summed E-state index contributed by atoms with van der Waals surface area (Å²) in [4.78, 5) is 23.6. The topological polar surface area (TPSA) is 109 Å². The van der Waals surface area contributed by atoms with Crippen LogP contribution in [0.15, 0.2) is 30.3 Å². The Bertz CT molecular complexity index is 999. The Hall–Kier alpha value is -3.49. The van der Waals surface area contributed by atoms with Gasteiger partial charge >= 0.3 is 0 Å². The van der Waals surface area contributed by atoms with Crippen molar-refractivity contribution in [2.24, 2.45) is 0 Å². The Balaban J connectivity index is 1.58. The zero-order chi connectivity index (χ0) is 21.3. The van der Waals surface area contributed by atoms with Crippen molar-refractivity contribution >= 4 is 17.3 Å². The number of benzene rings is 2. The molecule has 1 amide bonds.